The molecular formula is C17H24N2O2. The van der Waals surface area contributed by atoms with E-state index in [0.29, 0.717) is 11.8 Å². The number of nitrogens with zero attached hydrogens (tertiary/aromatic N) is 1. The summed E-state index contributed by atoms with van der Waals surface area (Å²) in [6.45, 7) is 6.78. The summed E-state index contributed by atoms with van der Waals surface area (Å²) in [6, 6.07) is 6.05. The van der Waals surface area contributed by atoms with Gasteiger partial charge in [0.05, 0.1) is 7.11 Å². The molecule has 1 heterocycles. The van der Waals surface area contributed by atoms with Gasteiger partial charge in [-0.25, -0.2) is 4.98 Å². The summed E-state index contributed by atoms with van der Waals surface area (Å²) in [6.07, 6.45) is 2.04. The predicted octanol–water partition coefficient (Wildman–Crippen LogP) is 3.70. The first kappa shape index (κ1) is 14.4. The van der Waals surface area contributed by atoms with Gasteiger partial charge in [-0.1, -0.05) is 26.8 Å². The van der Waals surface area contributed by atoms with Crippen LogP contribution in [0.2, 0.25) is 0 Å². The van der Waals surface area contributed by atoms with Crippen molar-refractivity contribution in [2.24, 2.45) is 17.1 Å². The van der Waals surface area contributed by atoms with Gasteiger partial charge in [-0.05, 0) is 36.3 Å². The van der Waals surface area contributed by atoms with Crippen LogP contribution in [0.1, 0.15) is 45.4 Å². The summed E-state index contributed by atoms with van der Waals surface area (Å²) >= 11 is 0. The Kier molecular flexibility index (Phi) is 3.44. The molecule has 4 nitrogen and oxygen atoms in total. The van der Waals surface area contributed by atoms with E-state index < -0.39 is 0 Å². The molecular weight excluding hydrogens is 264 g/mol. The van der Waals surface area contributed by atoms with E-state index in [2.05, 4.69) is 20.8 Å². The largest absolute Gasteiger partial charge is 0.494 e. The number of aromatic nitrogens is 1. The van der Waals surface area contributed by atoms with Crippen molar-refractivity contribution in [2.75, 3.05) is 7.11 Å². The van der Waals surface area contributed by atoms with E-state index in [1.807, 2.05) is 18.2 Å². The second-order valence-electron chi connectivity index (χ2n) is 6.76. The maximum atomic E-state index is 6.24. The molecule has 3 atom stereocenters. The zero-order valence-electron chi connectivity index (χ0n) is 13.2. The van der Waals surface area contributed by atoms with Gasteiger partial charge >= 0.3 is 0 Å². The minimum Gasteiger partial charge on any atom is -0.494 e. The van der Waals surface area contributed by atoms with Crippen LogP contribution in [0.3, 0.4) is 0 Å². The van der Waals surface area contributed by atoms with Crippen LogP contribution in [-0.2, 0) is 0 Å². The van der Waals surface area contributed by atoms with Crippen molar-refractivity contribution in [1.82, 2.24) is 4.98 Å². The average molecular weight is 288 g/mol. The van der Waals surface area contributed by atoms with Gasteiger partial charge in [0.25, 0.3) is 0 Å². The van der Waals surface area contributed by atoms with Crippen molar-refractivity contribution in [3.8, 4) is 5.75 Å². The van der Waals surface area contributed by atoms with E-state index in [1.54, 1.807) is 7.11 Å². The second-order valence-corrected chi connectivity index (χ2v) is 6.76. The molecule has 0 amide bonds. The Hall–Kier alpha value is -1.55. The third kappa shape index (κ3) is 2.22. The van der Waals surface area contributed by atoms with Crippen molar-refractivity contribution in [2.45, 2.75) is 45.6 Å². The van der Waals surface area contributed by atoms with Gasteiger partial charge in [0, 0.05) is 12.0 Å². The molecule has 2 N–H and O–H groups in total. The van der Waals surface area contributed by atoms with Gasteiger partial charge < -0.3 is 14.9 Å². The average Bonchev–Trinajstić information content (AvgIpc) is 2.88. The van der Waals surface area contributed by atoms with Crippen molar-refractivity contribution < 1.29 is 9.15 Å². The van der Waals surface area contributed by atoms with Crippen LogP contribution in [0.5, 0.6) is 5.75 Å². The maximum Gasteiger partial charge on any atom is 0.199 e. The summed E-state index contributed by atoms with van der Waals surface area (Å²) in [5.74, 6) is 2.32. The van der Waals surface area contributed by atoms with Gasteiger partial charge in [0.1, 0.15) is 5.75 Å². The number of para-hydroxylation sites is 1. The molecule has 1 aromatic heterocycles. The van der Waals surface area contributed by atoms with Crippen molar-refractivity contribution >= 4 is 11.1 Å². The molecule has 1 fully saturated rings. The topological polar surface area (TPSA) is 61.3 Å². The number of methoxy groups -OCH3 is 1. The molecule has 1 aliphatic rings. The van der Waals surface area contributed by atoms with Gasteiger partial charge in [0.2, 0.25) is 0 Å². The second kappa shape index (κ2) is 5.02. The van der Waals surface area contributed by atoms with Crippen LogP contribution in [0, 0.1) is 11.3 Å². The van der Waals surface area contributed by atoms with E-state index in [1.165, 1.54) is 0 Å². The third-order valence-electron chi connectivity index (χ3n) is 5.42. The first-order valence-corrected chi connectivity index (χ1v) is 7.64. The Morgan fingerprint density at radius 1 is 1.33 bits per heavy atom. The number of nitrogens with two attached hydrogens (primary N) is 1. The minimum atomic E-state index is 0.0752. The quantitative estimate of drug-likeness (QED) is 0.915. The van der Waals surface area contributed by atoms with Gasteiger partial charge in [0.15, 0.2) is 17.0 Å². The first-order valence-electron chi connectivity index (χ1n) is 7.64. The summed E-state index contributed by atoms with van der Waals surface area (Å²) < 4.78 is 11.4. The van der Waals surface area contributed by atoms with Gasteiger partial charge in [-0.2, -0.15) is 0 Å². The summed E-state index contributed by atoms with van der Waals surface area (Å²) in [7, 11) is 1.66. The fourth-order valence-electron chi connectivity index (χ4n) is 3.55. The number of benzene rings is 1. The molecule has 0 bridgehead atoms. The number of fused-ring (bicyclic) bond motifs is 1. The van der Waals surface area contributed by atoms with Crippen molar-refractivity contribution in [3.63, 3.8) is 0 Å². The molecule has 4 heteroatoms. The molecule has 21 heavy (non-hydrogen) atoms. The highest BCUT2D eigenvalue weighted by Gasteiger charge is 2.44. The van der Waals surface area contributed by atoms with Crippen LogP contribution >= 0.6 is 0 Å². The lowest BCUT2D eigenvalue weighted by atomic mass is 9.61. The third-order valence-corrected chi connectivity index (χ3v) is 5.42. The summed E-state index contributed by atoms with van der Waals surface area (Å²) in [5.41, 5.74) is 7.93. The number of ether oxygens (including phenoxy) is 1. The van der Waals surface area contributed by atoms with Crippen LogP contribution < -0.4 is 10.5 Å². The fraction of sp³-hybridized carbons (Fsp3) is 0.588. The first-order chi connectivity index (χ1) is 9.95. The normalized spacial score (nSPS) is 28.7. The Balaban J connectivity index is 2.04. The standard InChI is InChI=1S/C17H24N2O2/c1-10-12(18)9-8-11(17(10,2)3)16-19-15-13(20-4)6-5-7-14(15)21-16/h5-7,10-12H,8-9,18H2,1-4H3. The highest BCUT2D eigenvalue weighted by Crippen LogP contribution is 2.50. The Morgan fingerprint density at radius 3 is 2.81 bits per heavy atom. The lowest BCUT2D eigenvalue weighted by Crippen LogP contribution is -2.45. The molecule has 0 radical (unpaired) electrons. The zero-order chi connectivity index (χ0) is 15.2. The molecule has 0 aliphatic heterocycles. The Morgan fingerprint density at radius 2 is 2.10 bits per heavy atom. The molecule has 2 aromatic rings. The van der Waals surface area contributed by atoms with E-state index in [4.69, 9.17) is 19.9 Å². The molecule has 0 spiro atoms. The molecule has 1 aromatic carbocycles. The van der Waals surface area contributed by atoms with Crippen LogP contribution in [0.25, 0.3) is 11.1 Å². The molecule has 3 rings (SSSR count). The van der Waals surface area contributed by atoms with Gasteiger partial charge in [-0.3, -0.25) is 0 Å². The van der Waals surface area contributed by atoms with Crippen LogP contribution in [0.15, 0.2) is 22.6 Å². The van der Waals surface area contributed by atoms with Crippen LogP contribution in [0.4, 0.5) is 0 Å². The molecule has 1 saturated carbocycles. The summed E-state index contributed by atoms with van der Waals surface area (Å²) in [4.78, 5) is 4.73. The zero-order valence-corrected chi connectivity index (χ0v) is 13.2. The van der Waals surface area contributed by atoms with Crippen molar-refractivity contribution in [3.05, 3.63) is 24.1 Å². The van der Waals surface area contributed by atoms with E-state index in [9.17, 15) is 0 Å². The number of oxazole rings is 1. The monoisotopic (exact) mass is 288 g/mol. The molecule has 114 valence electrons. The number of hydrogen-bond donors (Lipinski definition) is 1. The lowest BCUT2D eigenvalue weighted by molar-refractivity contribution is 0.0854. The van der Waals surface area contributed by atoms with Crippen LogP contribution in [-0.4, -0.2) is 18.1 Å². The predicted molar refractivity (Wildman–Crippen MR) is 83.5 cm³/mol. The number of rotatable bonds is 2. The van der Waals surface area contributed by atoms with E-state index in [0.717, 1.165) is 35.6 Å². The smallest absolute Gasteiger partial charge is 0.199 e. The molecule has 3 unspecified atom stereocenters. The summed E-state index contributed by atoms with van der Waals surface area (Å²) in [5, 5.41) is 0. The highest BCUT2D eigenvalue weighted by molar-refractivity contribution is 5.79. The molecule has 1 aliphatic carbocycles. The van der Waals surface area contributed by atoms with E-state index in [-0.39, 0.29) is 11.5 Å². The Bertz CT molecular complexity index is 647. The minimum absolute atomic E-state index is 0.0752. The maximum absolute atomic E-state index is 6.24. The number of hydrogen-bond acceptors (Lipinski definition) is 4. The lowest BCUT2D eigenvalue weighted by Gasteiger charge is -2.45. The van der Waals surface area contributed by atoms with Crippen molar-refractivity contribution in [1.29, 1.82) is 0 Å². The van der Waals surface area contributed by atoms with Gasteiger partial charge in [-0.15, -0.1) is 0 Å². The molecule has 0 saturated heterocycles. The Labute approximate surface area is 125 Å². The highest BCUT2D eigenvalue weighted by atomic mass is 16.5. The van der Waals surface area contributed by atoms with E-state index >= 15 is 0 Å². The SMILES string of the molecule is COc1cccc2oc(C3CCC(N)C(C)C3(C)C)nc12. The fourth-order valence-corrected chi connectivity index (χ4v) is 3.55.